The molecule has 4 nitrogen and oxygen atoms in total. The third kappa shape index (κ3) is 2.78. The third-order valence-corrected chi connectivity index (χ3v) is 5.53. The van der Waals surface area contributed by atoms with Crippen LogP contribution in [0.5, 0.6) is 0 Å². The molecule has 19 heavy (non-hydrogen) atoms. The number of anilines is 1. The molecule has 0 spiro atoms. The number of hydrogen-bond donors (Lipinski definition) is 1. The van der Waals surface area contributed by atoms with Gasteiger partial charge >= 0.3 is 0 Å². The summed E-state index contributed by atoms with van der Waals surface area (Å²) in [6, 6.07) is 3.00. The smallest absolute Gasteiger partial charge is 0.243 e. The maximum absolute atomic E-state index is 12.5. The lowest BCUT2D eigenvalue weighted by Gasteiger charge is -2.25. The lowest BCUT2D eigenvalue weighted by atomic mass is 10.2. The van der Waals surface area contributed by atoms with E-state index in [1.807, 2.05) is 6.92 Å². The average molecular weight is 301 g/mol. The minimum atomic E-state index is -3.50. The van der Waals surface area contributed by atoms with Gasteiger partial charge in [0.05, 0.1) is 15.6 Å². The third-order valence-electron chi connectivity index (χ3n) is 3.19. The molecule has 0 unspecified atom stereocenters. The highest BCUT2D eigenvalue weighted by Gasteiger charge is 2.26. The standard InChI is InChI=1S/C13H17ClN2O2S/c1-9-4-3-5-16(8-9)19(17,18)11-6-10(2)13(14)12(15)7-11/h4,6-7H,3,5,8,15H2,1-2H3. The predicted molar refractivity (Wildman–Crippen MR) is 77.7 cm³/mol. The molecule has 1 aromatic rings. The molecule has 104 valence electrons. The highest BCUT2D eigenvalue weighted by Crippen LogP contribution is 2.29. The Hall–Kier alpha value is -1.04. The first-order valence-corrected chi connectivity index (χ1v) is 7.85. The summed E-state index contributed by atoms with van der Waals surface area (Å²) < 4.78 is 26.6. The van der Waals surface area contributed by atoms with Crippen molar-refractivity contribution in [2.45, 2.75) is 25.2 Å². The summed E-state index contributed by atoms with van der Waals surface area (Å²) in [5.41, 5.74) is 7.78. The van der Waals surface area contributed by atoms with Gasteiger partial charge in [-0.3, -0.25) is 0 Å². The van der Waals surface area contributed by atoms with Gasteiger partial charge in [-0.1, -0.05) is 23.3 Å². The first kappa shape index (κ1) is 14.4. The summed E-state index contributed by atoms with van der Waals surface area (Å²) >= 11 is 5.97. The number of nitrogens with two attached hydrogens (primary N) is 1. The Morgan fingerprint density at radius 3 is 2.58 bits per heavy atom. The molecule has 2 rings (SSSR count). The number of halogens is 1. The van der Waals surface area contributed by atoms with Crippen molar-refractivity contribution in [3.8, 4) is 0 Å². The number of hydrogen-bond acceptors (Lipinski definition) is 3. The molecule has 0 radical (unpaired) electrons. The fourth-order valence-corrected chi connectivity index (χ4v) is 3.87. The van der Waals surface area contributed by atoms with Gasteiger partial charge in [-0.15, -0.1) is 0 Å². The van der Waals surface area contributed by atoms with Crippen LogP contribution in [0.15, 0.2) is 28.7 Å². The maximum Gasteiger partial charge on any atom is 0.243 e. The summed E-state index contributed by atoms with van der Waals surface area (Å²) in [4.78, 5) is 0.210. The fourth-order valence-electron chi connectivity index (χ4n) is 2.14. The zero-order valence-corrected chi connectivity index (χ0v) is 12.6. The summed E-state index contributed by atoms with van der Waals surface area (Å²) in [5, 5.41) is 0.411. The molecule has 6 heteroatoms. The molecular formula is C13H17ClN2O2S. The number of aryl methyl sites for hydroxylation is 1. The Balaban J connectivity index is 2.43. The molecule has 1 heterocycles. The van der Waals surface area contributed by atoms with Gasteiger partial charge in [0.15, 0.2) is 0 Å². The molecular weight excluding hydrogens is 284 g/mol. The van der Waals surface area contributed by atoms with Crippen LogP contribution in [0.4, 0.5) is 5.69 Å². The molecule has 1 aromatic carbocycles. The van der Waals surface area contributed by atoms with Crippen LogP contribution in [0.3, 0.4) is 0 Å². The molecule has 0 saturated heterocycles. The number of rotatable bonds is 2. The predicted octanol–water partition coefficient (Wildman–Crippen LogP) is 2.57. The van der Waals surface area contributed by atoms with Gasteiger partial charge in [-0.25, -0.2) is 8.42 Å². The van der Waals surface area contributed by atoms with Crippen molar-refractivity contribution in [3.63, 3.8) is 0 Å². The molecule has 0 saturated carbocycles. The molecule has 0 atom stereocenters. The molecule has 0 amide bonds. The average Bonchev–Trinajstić information content (AvgIpc) is 2.35. The molecule has 1 aliphatic rings. The van der Waals surface area contributed by atoms with E-state index in [9.17, 15) is 8.42 Å². The summed E-state index contributed by atoms with van der Waals surface area (Å²) in [7, 11) is -3.50. The van der Waals surface area contributed by atoms with Gasteiger partial charge in [0.2, 0.25) is 10.0 Å². The highest BCUT2D eigenvalue weighted by molar-refractivity contribution is 7.89. The van der Waals surface area contributed by atoms with E-state index in [-0.39, 0.29) is 4.90 Å². The van der Waals surface area contributed by atoms with Crippen LogP contribution in [0.25, 0.3) is 0 Å². The molecule has 1 aliphatic heterocycles. The summed E-state index contributed by atoms with van der Waals surface area (Å²) in [5.74, 6) is 0. The largest absolute Gasteiger partial charge is 0.397 e. The minimum absolute atomic E-state index is 0.210. The van der Waals surface area contributed by atoms with Crippen molar-refractivity contribution in [2.24, 2.45) is 0 Å². The quantitative estimate of drug-likeness (QED) is 0.674. The summed E-state index contributed by atoms with van der Waals surface area (Å²) in [6.07, 6.45) is 2.81. The van der Waals surface area contributed by atoms with E-state index in [4.69, 9.17) is 17.3 Å². The van der Waals surface area contributed by atoms with Gasteiger partial charge in [0, 0.05) is 13.1 Å². The second kappa shape index (κ2) is 5.15. The van der Waals surface area contributed by atoms with Crippen molar-refractivity contribution in [1.29, 1.82) is 0 Å². The Morgan fingerprint density at radius 1 is 1.32 bits per heavy atom. The van der Waals surface area contributed by atoms with E-state index in [2.05, 4.69) is 6.08 Å². The first-order valence-electron chi connectivity index (χ1n) is 6.04. The fraction of sp³-hybridized carbons (Fsp3) is 0.385. The molecule has 2 N–H and O–H groups in total. The second-order valence-electron chi connectivity index (χ2n) is 4.82. The Labute approximate surface area is 118 Å². The van der Waals surface area contributed by atoms with Crippen molar-refractivity contribution in [2.75, 3.05) is 18.8 Å². The van der Waals surface area contributed by atoms with Crippen LogP contribution < -0.4 is 5.73 Å². The number of nitrogens with zero attached hydrogens (tertiary/aromatic N) is 1. The van der Waals surface area contributed by atoms with Crippen LogP contribution in [0.1, 0.15) is 18.9 Å². The van der Waals surface area contributed by atoms with Crippen molar-refractivity contribution < 1.29 is 8.42 Å². The zero-order chi connectivity index (χ0) is 14.2. The van der Waals surface area contributed by atoms with Crippen molar-refractivity contribution in [3.05, 3.63) is 34.4 Å². The van der Waals surface area contributed by atoms with E-state index in [1.54, 1.807) is 13.0 Å². The van der Waals surface area contributed by atoms with Crippen LogP contribution in [0.2, 0.25) is 5.02 Å². The van der Waals surface area contributed by atoms with Gasteiger partial charge in [0.25, 0.3) is 0 Å². The molecule has 0 aromatic heterocycles. The van der Waals surface area contributed by atoms with Crippen LogP contribution in [-0.4, -0.2) is 25.8 Å². The van der Waals surface area contributed by atoms with E-state index < -0.39 is 10.0 Å². The van der Waals surface area contributed by atoms with Crippen molar-refractivity contribution in [1.82, 2.24) is 4.31 Å². The lowest BCUT2D eigenvalue weighted by molar-refractivity contribution is 0.428. The Morgan fingerprint density at radius 2 is 2.00 bits per heavy atom. The topological polar surface area (TPSA) is 63.4 Å². The number of sulfonamides is 1. The second-order valence-corrected chi connectivity index (χ2v) is 7.14. The van der Waals surface area contributed by atoms with Gasteiger partial charge in [0.1, 0.15) is 0 Å². The SMILES string of the molecule is CC1=CCCN(S(=O)(=O)c2cc(C)c(Cl)c(N)c2)C1. The van der Waals surface area contributed by atoms with Gasteiger partial charge in [-0.05, 0) is 38.0 Å². The van der Waals surface area contributed by atoms with Gasteiger partial charge < -0.3 is 5.73 Å². The number of nitrogen functional groups attached to an aromatic ring is 1. The summed E-state index contributed by atoms with van der Waals surface area (Å²) in [6.45, 7) is 4.62. The zero-order valence-electron chi connectivity index (χ0n) is 11.0. The van der Waals surface area contributed by atoms with E-state index in [0.717, 1.165) is 12.0 Å². The number of benzene rings is 1. The van der Waals surface area contributed by atoms with Crippen LogP contribution in [0, 0.1) is 6.92 Å². The monoisotopic (exact) mass is 300 g/mol. The minimum Gasteiger partial charge on any atom is -0.397 e. The van der Waals surface area contributed by atoms with Crippen LogP contribution >= 0.6 is 11.6 Å². The Bertz CT molecular complexity index is 615. The molecule has 0 fully saturated rings. The normalized spacial score (nSPS) is 17.3. The van der Waals surface area contributed by atoms with Gasteiger partial charge in [-0.2, -0.15) is 4.31 Å². The highest BCUT2D eigenvalue weighted by atomic mass is 35.5. The maximum atomic E-state index is 12.5. The van der Waals surface area contributed by atoms with Crippen LogP contribution in [-0.2, 0) is 10.0 Å². The Kier molecular flexibility index (Phi) is 3.90. The lowest BCUT2D eigenvalue weighted by Crippen LogP contribution is -2.35. The van der Waals surface area contributed by atoms with E-state index in [1.165, 1.54) is 10.4 Å². The van der Waals surface area contributed by atoms with Crippen molar-refractivity contribution >= 4 is 27.3 Å². The molecule has 0 bridgehead atoms. The molecule has 0 aliphatic carbocycles. The van der Waals surface area contributed by atoms with E-state index in [0.29, 0.717) is 29.4 Å². The van der Waals surface area contributed by atoms with E-state index >= 15 is 0 Å². The first-order chi connectivity index (χ1) is 8.82.